The lowest BCUT2D eigenvalue weighted by molar-refractivity contribution is 0.635. The Labute approximate surface area is 341 Å². The van der Waals surface area contributed by atoms with Gasteiger partial charge in [-0.3, -0.25) is 4.57 Å². The lowest BCUT2D eigenvalue weighted by atomic mass is 9.75. The molecule has 1 aliphatic carbocycles. The number of furan rings is 1. The summed E-state index contributed by atoms with van der Waals surface area (Å²) in [7, 11) is 0. The van der Waals surface area contributed by atoms with Crippen LogP contribution in [0, 0.1) is 0 Å². The molecule has 58 heavy (non-hydrogen) atoms. The molecule has 8 aromatic rings. The molecule has 9 rings (SSSR count). The first-order chi connectivity index (χ1) is 28.4. The molecule has 3 nitrogen and oxygen atoms in total. The number of rotatable bonds is 9. The van der Waals surface area contributed by atoms with Crippen LogP contribution in [-0.4, -0.2) is 4.57 Å². The van der Waals surface area contributed by atoms with E-state index in [2.05, 4.69) is 200 Å². The zero-order chi connectivity index (χ0) is 39.6. The minimum atomic E-state index is -0.259. The summed E-state index contributed by atoms with van der Waals surface area (Å²) in [5.74, 6) is 0. The van der Waals surface area contributed by atoms with Gasteiger partial charge in [0.15, 0.2) is 0 Å². The summed E-state index contributed by atoms with van der Waals surface area (Å²) in [6, 6.07) is 50.5. The van der Waals surface area contributed by atoms with E-state index in [1.807, 2.05) is 24.3 Å². The molecule has 1 aliphatic rings. The highest BCUT2D eigenvalue weighted by atomic mass is 16.3. The third-order valence-corrected chi connectivity index (χ3v) is 11.5. The molecular formula is C55H46N2O. The quantitative estimate of drug-likeness (QED) is 0.137. The average Bonchev–Trinajstić information content (AvgIpc) is 3.79. The van der Waals surface area contributed by atoms with Crippen molar-refractivity contribution in [2.75, 3.05) is 4.90 Å². The van der Waals surface area contributed by atoms with E-state index in [9.17, 15) is 0 Å². The van der Waals surface area contributed by atoms with Crippen LogP contribution in [0.5, 0.6) is 0 Å². The highest BCUT2D eigenvalue weighted by Crippen LogP contribution is 2.44. The van der Waals surface area contributed by atoms with Crippen molar-refractivity contribution in [3.8, 4) is 16.8 Å². The second kappa shape index (κ2) is 15.4. The summed E-state index contributed by atoms with van der Waals surface area (Å²) >= 11 is 0. The van der Waals surface area contributed by atoms with Crippen LogP contribution >= 0.6 is 0 Å². The molecule has 0 radical (unpaired) electrons. The fourth-order valence-corrected chi connectivity index (χ4v) is 8.27. The minimum Gasteiger partial charge on any atom is -0.439 e. The Morgan fingerprint density at radius 2 is 1.48 bits per heavy atom. The van der Waals surface area contributed by atoms with Crippen LogP contribution in [0.25, 0.3) is 49.8 Å². The molecule has 0 bridgehead atoms. The monoisotopic (exact) mass is 750 g/mol. The van der Waals surface area contributed by atoms with Crippen LogP contribution in [0.3, 0.4) is 0 Å². The van der Waals surface area contributed by atoms with Gasteiger partial charge in [0.2, 0.25) is 5.71 Å². The lowest BCUT2D eigenvalue weighted by Crippen LogP contribution is -2.22. The van der Waals surface area contributed by atoms with Gasteiger partial charge in [-0.25, -0.2) is 0 Å². The zero-order valence-corrected chi connectivity index (χ0v) is 33.1. The molecule has 2 heterocycles. The van der Waals surface area contributed by atoms with E-state index in [0.29, 0.717) is 0 Å². The predicted molar refractivity (Wildman–Crippen MR) is 247 cm³/mol. The number of hydrogen-bond donors (Lipinski definition) is 0. The van der Waals surface area contributed by atoms with Crippen molar-refractivity contribution in [3.63, 3.8) is 0 Å². The molecule has 282 valence electrons. The number of para-hydroxylation sites is 2. The third kappa shape index (κ3) is 6.75. The Morgan fingerprint density at radius 3 is 2.33 bits per heavy atom. The summed E-state index contributed by atoms with van der Waals surface area (Å²) in [4.78, 5) is 2.39. The van der Waals surface area contributed by atoms with Gasteiger partial charge in [-0.15, -0.1) is 0 Å². The maximum absolute atomic E-state index is 6.58. The number of aromatic nitrogens is 1. The SMILES string of the molecule is C=C/C=C\C=C/Cc1ccc(N(c2cccc(-c3ccc4c5c6ccccc6oc5n(-c5ccccc5)c4c3)c2)c2ccc3c(c2)C(C)(C)C(=C)/C=C\C=C/C3)cc1. The number of hydrogen-bond acceptors (Lipinski definition) is 2. The Morgan fingerprint density at radius 1 is 0.707 bits per heavy atom. The molecule has 0 aliphatic heterocycles. The third-order valence-electron chi connectivity index (χ3n) is 11.5. The zero-order valence-electron chi connectivity index (χ0n) is 33.1. The first-order valence-electron chi connectivity index (χ1n) is 20.0. The predicted octanol–water partition coefficient (Wildman–Crippen LogP) is 15.0. The van der Waals surface area contributed by atoms with E-state index in [0.717, 1.165) is 79.9 Å². The van der Waals surface area contributed by atoms with Crippen molar-refractivity contribution >= 4 is 50.0 Å². The summed E-state index contributed by atoms with van der Waals surface area (Å²) in [6.07, 6.45) is 20.3. The van der Waals surface area contributed by atoms with Crippen LogP contribution in [-0.2, 0) is 18.3 Å². The van der Waals surface area contributed by atoms with E-state index in [1.165, 1.54) is 22.1 Å². The molecule has 0 spiro atoms. The summed E-state index contributed by atoms with van der Waals surface area (Å²) in [5.41, 5.74) is 14.1. The molecule has 3 heteroatoms. The number of anilines is 3. The van der Waals surface area contributed by atoms with Gasteiger partial charge < -0.3 is 9.32 Å². The average molecular weight is 751 g/mol. The van der Waals surface area contributed by atoms with Gasteiger partial charge in [0.25, 0.3) is 0 Å². The van der Waals surface area contributed by atoms with Gasteiger partial charge in [0.1, 0.15) is 5.58 Å². The van der Waals surface area contributed by atoms with Crippen LogP contribution in [0.2, 0.25) is 0 Å². The molecule has 0 atom stereocenters. The van der Waals surface area contributed by atoms with Gasteiger partial charge in [0.05, 0.1) is 10.9 Å². The topological polar surface area (TPSA) is 21.3 Å². The van der Waals surface area contributed by atoms with Gasteiger partial charge in [-0.2, -0.15) is 0 Å². The molecule has 0 saturated heterocycles. The molecule has 0 amide bonds. The molecule has 2 aromatic heterocycles. The maximum Gasteiger partial charge on any atom is 0.213 e. The standard InChI is InChI=1S/C55H46N2O/c1-5-6-7-8-12-20-40-28-32-45(33-29-40)56(47-34-30-41-21-13-9-11-19-39(2)55(3,4)50(41)38-47)46-25-18-22-42(36-46)43-31-35-48-51(37-43)57(44-23-14-10-15-24-44)54-53(48)49-26-16-17-27-52(49)58-54/h5-19,22-38H,1-2,20-21H2,3-4H3/b7-6-,12-8-,13-9-,19-11-. The van der Waals surface area contributed by atoms with Crippen molar-refractivity contribution in [2.45, 2.75) is 32.1 Å². The van der Waals surface area contributed by atoms with Gasteiger partial charge in [-0.1, -0.05) is 161 Å². The molecule has 0 fully saturated rings. The van der Waals surface area contributed by atoms with E-state index >= 15 is 0 Å². The Kier molecular flexibility index (Phi) is 9.73. The highest BCUT2D eigenvalue weighted by molar-refractivity contribution is 6.20. The Bertz CT molecular complexity index is 2950. The van der Waals surface area contributed by atoms with Gasteiger partial charge in [-0.05, 0) is 107 Å². The normalized spacial score (nSPS) is 15.1. The largest absolute Gasteiger partial charge is 0.439 e. The van der Waals surface area contributed by atoms with E-state index in [-0.39, 0.29) is 5.41 Å². The van der Waals surface area contributed by atoms with E-state index in [1.54, 1.807) is 6.08 Å². The van der Waals surface area contributed by atoms with Crippen LogP contribution in [0.15, 0.2) is 217 Å². The minimum absolute atomic E-state index is 0.259. The molecule has 0 N–H and O–H groups in total. The number of fused-ring (bicyclic) bond motifs is 6. The van der Waals surface area contributed by atoms with Crippen molar-refractivity contribution in [2.24, 2.45) is 0 Å². The van der Waals surface area contributed by atoms with Crippen molar-refractivity contribution in [3.05, 3.63) is 230 Å². The lowest BCUT2D eigenvalue weighted by Gasteiger charge is -2.32. The highest BCUT2D eigenvalue weighted by Gasteiger charge is 2.28. The van der Waals surface area contributed by atoms with Crippen molar-refractivity contribution in [1.29, 1.82) is 0 Å². The summed E-state index contributed by atoms with van der Waals surface area (Å²) in [5, 5.41) is 3.43. The molecule has 0 saturated carbocycles. The number of nitrogens with zero attached hydrogens (tertiary/aromatic N) is 2. The van der Waals surface area contributed by atoms with Crippen LogP contribution in [0.4, 0.5) is 17.1 Å². The molecule has 0 unspecified atom stereocenters. The van der Waals surface area contributed by atoms with Gasteiger partial charge in [0, 0.05) is 38.9 Å². The van der Waals surface area contributed by atoms with E-state index in [4.69, 9.17) is 4.42 Å². The first kappa shape index (κ1) is 36.5. The van der Waals surface area contributed by atoms with Crippen LogP contribution < -0.4 is 4.90 Å². The summed E-state index contributed by atoms with van der Waals surface area (Å²) < 4.78 is 8.84. The smallest absolute Gasteiger partial charge is 0.213 e. The fraction of sp³-hybridized carbons (Fsp3) is 0.0909. The second-order valence-electron chi connectivity index (χ2n) is 15.5. The van der Waals surface area contributed by atoms with E-state index < -0.39 is 0 Å². The number of benzene rings is 6. The van der Waals surface area contributed by atoms with Crippen molar-refractivity contribution in [1.82, 2.24) is 4.57 Å². The van der Waals surface area contributed by atoms with Crippen LogP contribution in [0.1, 0.15) is 30.5 Å². The molecular weight excluding hydrogens is 705 g/mol. The van der Waals surface area contributed by atoms with Crippen molar-refractivity contribution < 1.29 is 4.42 Å². The first-order valence-corrected chi connectivity index (χ1v) is 20.0. The second-order valence-corrected chi connectivity index (χ2v) is 15.5. The Balaban J connectivity index is 1.18. The fourth-order valence-electron chi connectivity index (χ4n) is 8.27. The number of allylic oxidation sites excluding steroid dienone is 10. The molecule has 6 aromatic carbocycles. The Hall–Kier alpha value is -7.10. The summed E-state index contributed by atoms with van der Waals surface area (Å²) in [6.45, 7) is 12.8. The van der Waals surface area contributed by atoms with Gasteiger partial charge >= 0.3 is 0 Å². The maximum atomic E-state index is 6.58.